The lowest BCUT2D eigenvalue weighted by Gasteiger charge is -1.99. The molecule has 0 saturated heterocycles. The number of hydrogen-bond acceptors (Lipinski definition) is 3. The van der Waals surface area contributed by atoms with Crippen LogP contribution in [0.15, 0.2) is 29.3 Å². The Kier molecular flexibility index (Phi) is 1.99. The topological polar surface area (TPSA) is 24.4 Å². The minimum atomic E-state index is 0.906. The first kappa shape index (κ1) is 8.92. The molecule has 1 aromatic carbocycles. The average molecular weight is 216 g/mol. The van der Waals surface area contributed by atoms with Crippen LogP contribution < -0.4 is 5.32 Å². The summed E-state index contributed by atoms with van der Waals surface area (Å²) in [4.78, 5) is 5.78. The number of thiophene rings is 1. The van der Waals surface area contributed by atoms with E-state index < -0.39 is 0 Å². The molecule has 76 valence electrons. The number of nitrogens with one attached hydrogen (secondary N) is 1. The average Bonchev–Trinajstić information content (AvgIpc) is 2.87. The van der Waals surface area contributed by atoms with Gasteiger partial charge in [-0.3, -0.25) is 4.99 Å². The monoisotopic (exact) mass is 216 g/mol. The first-order chi connectivity index (χ1) is 7.36. The van der Waals surface area contributed by atoms with E-state index in [1.165, 1.54) is 20.5 Å². The van der Waals surface area contributed by atoms with Crippen molar-refractivity contribution >= 4 is 27.3 Å². The van der Waals surface area contributed by atoms with Crippen molar-refractivity contribution in [3.05, 3.63) is 34.7 Å². The molecule has 1 N–H and O–H groups in total. The maximum absolute atomic E-state index is 4.48. The molecule has 0 unspecified atom stereocenters. The van der Waals surface area contributed by atoms with Gasteiger partial charge in [-0.05, 0) is 23.9 Å². The first-order valence-electron chi connectivity index (χ1n) is 5.13. The van der Waals surface area contributed by atoms with Crippen LogP contribution in [-0.2, 0) is 0 Å². The van der Waals surface area contributed by atoms with Crippen LogP contribution >= 0.6 is 11.3 Å². The number of aliphatic imine (C=N–C) groups is 1. The fourth-order valence-electron chi connectivity index (χ4n) is 1.95. The number of rotatable bonds is 1. The summed E-state index contributed by atoms with van der Waals surface area (Å²) in [6, 6.07) is 8.54. The fourth-order valence-corrected chi connectivity index (χ4v) is 3.14. The van der Waals surface area contributed by atoms with Crippen LogP contribution in [0.3, 0.4) is 0 Å². The van der Waals surface area contributed by atoms with Crippen molar-refractivity contribution in [2.75, 3.05) is 13.1 Å². The highest BCUT2D eigenvalue weighted by molar-refractivity contribution is 7.21. The maximum Gasteiger partial charge on any atom is 0.138 e. The Morgan fingerprint density at radius 2 is 2.20 bits per heavy atom. The van der Waals surface area contributed by atoms with Crippen molar-refractivity contribution in [1.29, 1.82) is 0 Å². The Morgan fingerprint density at radius 3 is 2.93 bits per heavy atom. The molecule has 0 bridgehead atoms. The van der Waals surface area contributed by atoms with Crippen LogP contribution in [0.1, 0.15) is 10.4 Å². The Morgan fingerprint density at radius 1 is 1.33 bits per heavy atom. The molecular weight excluding hydrogens is 204 g/mol. The van der Waals surface area contributed by atoms with Gasteiger partial charge >= 0.3 is 0 Å². The quantitative estimate of drug-likeness (QED) is 0.778. The van der Waals surface area contributed by atoms with Gasteiger partial charge in [0.1, 0.15) is 5.84 Å². The zero-order valence-corrected chi connectivity index (χ0v) is 9.40. The third-order valence-electron chi connectivity index (χ3n) is 2.73. The predicted octanol–water partition coefficient (Wildman–Crippen LogP) is 2.56. The summed E-state index contributed by atoms with van der Waals surface area (Å²) < 4.78 is 1.35. The third kappa shape index (κ3) is 1.35. The van der Waals surface area contributed by atoms with Crippen molar-refractivity contribution in [3.63, 3.8) is 0 Å². The zero-order valence-electron chi connectivity index (χ0n) is 8.58. The normalized spacial score (nSPS) is 15.4. The molecule has 0 aliphatic carbocycles. The Hall–Kier alpha value is -1.35. The van der Waals surface area contributed by atoms with Gasteiger partial charge in [-0.15, -0.1) is 11.3 Å². The number of benzene rings is 1. The Bertz CT molecular complexity index is 540. The van der Waals surface area contributed by atoms with Gasteiger partial charge in [0.15, 0.2) is 0 Å². The number of amidine groups is 1. The molecule has 0 saturated carbocycles. The Balaban J connectivity index is 2.23. The van der Waals surface area contributed by atoms with Gasteiger partial charge in [-0.1, -0.05) is 18.2 Å². The molecular formula is C12H12N2S. The molecule has 1 aliphatic rings. The van der Waals surface area contributed by atoms with Gasteiger partial charge in [0.2, 0.25) is 0 Å². The molecule has 1 aliphatic heterocycles. The molecule has 0 atom stereocenters. The van der Waals surface area contributed by atoms with Crippen molar-refractivity contribution in [3.8, 4) is 0 Å². The molecule has 1 aromatic heterocycles. The number of aryl methyl sites for hydroxylation is 1. The van der Waals surface area contributed by atoms with Gasteiger partial charge in [0.25, 0.3) is 0 Å². The summed E-state index contributed by atoms with van der Waals surface area (Å²) in [5.74, 6) is 1.08. The zero-order chi connectivity index (χ0) is 10.3. The van der Waals surface area contributed by atoms with E-state index in [1.54, 1.807) is 0 Å². The summed E-state index contributed by atoms with van der Waals surface area (Å²) >= 11 is 1.83. The van der Waals surface area contributed by atoms with E-state index in [2.05, 4.69) is 41.5 Å². The summed E-state index contributed by atoms with van der Waals surface area (Å²) in [6.07, 6.45) is 0. The van der Waals surface area contributed by atoms with E-state index in [4.69, 9.17) is 0 Å². The van der Waals surface area contributed by atoms with Crippen LogP contribution in [-0.4, -0.2) is 18.9 Å². The van der Waals surface area contributed by atoms with E-state index in [1.807, 2.05) is 11.3 Å². The van der Waals surface area contributed by atoms with Crippen LogP contribution in [0.5, 0.6) is 0 Å². The van der Waals surface area contributed by atoms with Gasteiger partial charge in [-0.2, -0.15) is 0 Å². The van der Waals surface area contributed by atoms with Crippen LogP contribution in [0.4, 0.5) is 0 Å². The van der Waals surface area contributed by atoms with E-state index in [-0.39, 0.29) is 0 Å². The minimum absolute atomic E-state index is 0.906. The van der Waals surface area contributed by atoms with Crippen molar-refractivity contribution in [2.24, 2.45) is 4.99 Å². The summed E-state index contributed by atoms with van der Waals surface area (Å²) in [5, 5.41) is 4.69. The lowest BCUT2D eigenvalue weighted by molar-refractivity contribution is 0.960. The third-order valence-corrected chi connectivity index (χ3v) is 4.01. The maximum atomic E-state index is 4.48. The summed E-state index contributed by atoms with van der Waals surface area (Å²) in [6.45, 7) is 4.06. The van der Waals surface area contributed by atoms with E-state index in [9.17, 15) is 0 Å². The minimum Gasteiger partial charge on any atom is -0.367 e. The molecule has 0 spiro atoms. The second kappa shape index (κ2) is 3.35. The summed E-state index contributed by atoms with van der Waals surface area (Å²) in [7, 11) is 0. The van der Waals surface area contributed by atoms with Crippen LogP contribution in [0.25, 0.3) is 10.1 Å². The van der Waals surface area contributed by atoms with Crippen molar-refractivity contribution in [2.45, 2.75) is 6.92 Å². The van der Waals surface area contributed by atoms with E-state index >= 15 is 0 Å². The lowest BCUT2D eigenvalue weighted by Crippen LogP contribution is -2.18. The van der Waals surface area contributed by atoms with Crippen LogP contribution in [0, 0.1) is 6.92 Å². The SMILES string of the molecule is Cc1c(C2=NCCN2)sc2ccccc12. The molecule has 3 heteroatoms. The lowest BCUT2D eigenvalue weighted by atomic mass is 10.1. The molecule has 15 heavy (non-hydrogen) atoms. The van der Waals surface area contributed by atoms with Crippen molar-refractivity contribution < 1.29 is 0 Å². The summed E-state index contributed by atoms with van der Waals surface area (Å²) in [5.41, 5.74) is 1.35. The fraction of sp³-hybridized carbons (Fsp3) is 0.250. The van der Waals surface area contributed by atoms with Gasteiger partial charge in [0, 0.05) is 11.2 Å². The molecule has 2 heterocycles. The number of nitrogens with zero attached hydrogens (tertiary/aromatic N) is 1. The highest BCUT2D eigenvalue weighted by Gasteiger charge is 2.15. The smallest absolute Gasteiger partial charge is 0.138 e. The highest BCUT2D eigenvalue weighted by Crippen LogP contribution is 2.30. The number of fused-ring (bicyclic) bond motifs is 1. The van der Waals surface area contributed by atoms with Gasteiger partial charge in [-0.25, -0.2) is 0 Å². The second-order valence-electron chi connectivity index (χ2n) is 3.71. The van der Waals surface area contributed by atoms with Gasteiger partial charge < -0.3 is 5.32 Å². The molecule has 3 rings (SSSR count). The molecule has 0 fully saturated rings. The largest absolute Gasteiger partial charge is 0.367 e. The van der Waals surface area contributed by atoms with Crippen molar-refractivity contribution in [1.82, 2.24) is 5.32 Å². The molecule has 2 aromatic rings. The van der Waals surface area contributed by atoms with E-state index in [0.29, 0.717) is 0 Å². The molecule has 0 amide bonds. The van der Waals surface area contributed by atoms with E-state index in [0.717, 1.165) is 18.9 Å². The van der Waals surface area contributed by atoms with Gasteiger partial charge in [0.05, 0.1) is 11.4 Å². The Labute approximate surface area is 92.7 Å². The molecule has 2 nitrogen and oxygen atoms in total. The first-order valence-corrected chi connectivity index (χ1v) is 5.95. The van der Waals surface area contributed by atoms with Crippen LogP contribution in [0.2, 0.25) is 0 Å². The predicted molar refractivity (Wildman–Crippen MR) is 66.0 cm³/mol. The standard InChI is InChI=1S/C12H12N2S/c1-8-9-4-2-3-5-10(9)15-11(8)12-13-6-7-14-12/h2-5H,6-7H2,1H3,(H,13,14). The number of hydrogen-bond donors (Lipinski definition) is 1. The molecule has 0 radical (unpaired) electrons. The highest BCUT2D eigenvalue weighted by atomic mass is 32.1. The second-order valence-corrected chi connectivity index (χ2v) is 4.76.